The minimum atomic E-state index is -0.747. The number of anilines is 1. The van der Waals surface area contributed by atoms with Crippen molar-refractivity contribution in [1.82, 2.24) is 0 Å². The fourth-order valence-corrected chi connectivity index (χ4v) is 2.12. The van der Waals surface area contributed by atoms with E-state index >= 15 is 0 Å². The monoisotopic (exact) mass is 333 g/mol. The lowest BCUT2D eigenvalue weighted by atomic mass is 10.1. The molecule has 0 heterocycles. The molecule has 0 radical (unpaired) electrons. The number of aryl methyl sites for hydroxylation is 1. The third-order valence-corrected chi connectivity index (χ3v) is 3.48. The van der Waals surface area contributed by atoms with Crippen molar-refractivity contribution in [3.05, 3.63) is 47.8 Å². The highest BCUT2D eigenvalue weighted by molar-refractivity contribution is 5.95. The van der Waals surface area contributed by atoms with E-state index in [9.17, 15) is 9.18 Å². The molecular formula is C18H20FNO4. The normalized spacial score (nSPS) is 11.5. The summed E-state index contributed by atoms with van der Waals surface area (Å²) >= 11 is 0. The molecular weight excluding hydrogens is 313 g/mol. The Labute approximate surface area is 140 Å². The first-order valence-corrected chi connectivity index (χ1v) is 7.40. The molecule has 2 rings (SSSR count). The molecule has 0 aliphatic heterocycles. The molecule has 1 amide bonds. The van der Waals surface area contributed by atoms with Crippen LogP contribution in [0.2, 0.25) is 0 Å². The Kier molecular flexibility index (Phi) is 5.63. The van der Waals surface area contributed by atoms with E-state index < -0.39 is 6.10 Å². The SMILES string of the molecule is COc1cc(C)c(NC(=O)C(C)Oc2ccc(F)cc2)cc1OC. The number of ether oxygens (including phenoxy) is 3. The van der Waals surface area contributed by atoms with Gasteiger partial charge in [0.2, 0.25) is 0 Å². The number of hydrogen-bond acceptors (Lipinski definition) is 4. The molecule has 24 heavy (non-hydrogen) atoms. The molecule has 0 aliphatic rings. The maximum Gasteiger partial charge on any atom is 0.265 e. The van der Waals surface area contributed by atoms with E-state index in [-0.39, 0.29) is 11.7 Å². The zero-order valence-corrected chi connectivity index (χ0v) is 14.1. The summed E-state index contributed by atoms with van der Waals surface area (Å²) < 4.78 is 28.9. The number of carbonyl (C=O) groups excluding carboxylic acids is 1. The summed E-state index contributed by atoms with van der Waals surface area (Å²) in [5.41, 5.74) is 1.43. The first kappa shape index (κ1) is 17.6. The second kappa shape index (κ2) is 7.68. The Morgan fingerprint density at radius 1 is 1.08 bits per heavy atom. The molecule has 2 aromatic carbocycles. The predicted molar refractivity (Wildman–Crippen MR) is 89.4 cm³/mol. The molecule has 0 saturated heterocycles. The number of benzene rings is 2. The van der Waals surface area contributed by atoms with Crippen LogP contribution in [0.15, 0.2) is 36.4 Å². The topological polar surface area (TPSA) is 56.8 Å². The highest BCUT2D eigenvalue weighted by Crippen LogP contribution is 2.33. The summed E-state index contributed by atoms with van der Waals surface area (Å²) in [5, 5.41) is 2.79. The number of nitrogens with one attached hydrogen (secondary N) is 1. The van der Waals surface area contributed by atoms with Gasteiger partial charge in [-0.15, -0.1) is 0 Å². The van der Waals surface area contributed by atoms with Crippen LogP contribution in [0.5, 0.6) is 17.2 Å². The smallest absolute Gasteiger partial charge is 0.265 e. The Balaban J connectivity index is 2.09. The molecule has 0 bridgehead atoms. The van der Waals surface area contributed by atoms with Crippen LogP contribution in [0, 0.1) is 12.7 Å². The van der Waals surface area contributed by atoms with Gasteiger partial charge in [0, 0.05) is 11.8 Å². The number of amides is 1. The van der Waals surface area contributed by atoms with E-state index in [1.54, 1.807) is 26.2 Å². The second-order valence-electron chi connectivity index (χ2n) is 5.23. The van der Waals surface area contributed by atoms with Gasteiger partial charge in [0.05, 0.1) is 14.2 Å². The minimum absolute atomic E-state index is 0.324. The quantitative estimate of drug-likeness (QED) is 0.878. The van der Waals surface area contributed by atoms with E-state index in [0.717, 1.165) is 5.56 Å². The molecule has 5 nitrogen and oxygen atoms in total. The van der Waals surface area contributed by atoms with Crippen molar-refractivity contribution in [2.45, 2.75) is 20.0 Å². The van der Waals surface area contributed by atoms with Crippen LogP contribution in [0.4, 0.5) is 10.1 Å². The van der Waals surface area contributed by atoms with Crippen molar-refractivity contribution < 1.29 is 23.4 Å². The number of hydrogen-bond donors (Lipinski definition) is 1. The summed E-state index contributed by atoms with van der Waals surface area (Å²) in [5.74, 6) is 0.840. The van der Waals surface area contributed by atoms with Crippen LogP contribution in [0.1, 0.15) is 12.5 Å². The number of carbonyl (C=O) groups is 1. The number of methoxy groups -OCH3 is 2. The van der Waals surface area contributed by atoms with E-state index in [1.807, 2.05) is 6.92 Å². The summed E-state index contributed by atoms with van der Waals surface area (Å²) in [6, 6.07) is 8.97. The Bertz CT molecular complexity index is 716. The zero-order valence-electron chi connectivity index (χ0n) is 14.1. The molecule has 2 aromatic rings. The van der Waals surface area contributed by atoms with Crippen LogP contribution >= 0.6 is 0 Å². The summed E-state index contributed by atoms with van der Waals surface area (Å²) in [4.78, 5) is 12.3. The Morgan fingerprint density at radius 2 is 1.67 bits per heavy atom. The molecule has 6 heteroatoms. The Hall–Kier alpha value is -2.76. The van der Waals surface area contributed by atoms with Crippen LogP contribution in [0.25, 0.3) is 0 Å². The zero-order chi connectivity index (χ0) is 17.7. The van der Waals surface area contributed by atoms with Gasteiger partial charge in [0.15, 0.2) is 17.6 Å². The molecule has 0 saturated carbocycles. The van der Waals surface area contributed by atoms with Gasteiger partial charge < -0.3 is 19.5 Å². The lowest BCUT2D eigenvalue weighted by Crippen LogP contribution is -2.30. The lowest BCUT2D eigenvalue weighted by Gasteiger charge is -2.17. The average molecular weight is 333 g/mol. The highest BCUT2D eigenvalue weighted by Gasteiger charge is 2.17. The number of halogens is 1. The second-order valence-corrected chi connectivity index (χ2v) is 5.23. The average Bonchev–Trinajstić information content (AvgIpc) is 2.58. The molecule has 1 unspecified atom stereocenters. The van der Waals surface area contributed by atoms with Crippen molar-refractivity contribution in [2.24, 2.45) is 0 Å². The van der Waals surface area contributed by atoms with Crippen LogP contribution in [0.3, 0.4) is 0 Å². The number of rotatable bonds is 6. The summed E-state index contributed by atoms with van der Waals surface area (Å²) in [6.07, 6.45) is -0.747. The lowest BCUT2D eigenvalue weighted by molar-refractivity contribution is -0.122. The molecule has 0 spiro atoms. The molecule has 0 fully saturated rings. The molecule has 0 aliphatic carbocycles. The largest absolute Gasteiger partial charge is 0.493 e. The van der Waals surface area contributed by atoms with E-state index in [2.05, 4.69) is 5.32 Å². The van der Waals surface area contributed by atoms with Crippen molar-refractivity contribution in [2.75, 3.05) is 19.5 Å². The molecule has 0 aromatic heterocycles. The van der Waals surface area contributed by atoms with Gasteiger partial charge in [-0.2, -0.15) is 0 Å². The third kappa shape index (κ3) is 4.16. The van der Waals surface area contributed by atoms with Crippen molar-refractivity contribution >= 4 is 11.6 Å². The van der Waals surface area contributed by atoms with Gasteiger partial charge >= 0.3 is 0 Å². The molecule has 1 atom stereocenters. The maximum atomic E-state index is 12.9. The van der Waals surface area contributed by atoms with Crippen molar-refractivity contribution in [3.8, 4) is 17.2 Å². The first-order chi connectivity index (χ1) is 11.4. The molecule has 128 valence electrons. The summed E-state index contributed by atoms with van der Waals surface area (Å²) in [6.45, 7) is 3.47. The van der Waals surface area contributed by atoms with E-state index in [4.69, 9.17) is 14.2 Å². The van der Waals surface area contributed by atoms with Gasteiger partial charge in [-0.05, 0) is 49.7 Å². The van der Waals surface area contributed by atoms with Crippen LogP contribution < -0.4 is 19.5 Å². The fourth-order valence-electron chi connectivity index (χ4n) is 2.12. The Morgan fingerprint density at radius 3 is 2.25 bits per heavy atom. The third-order valence-electron chi connectivity index (χ3n) is 3.48. The van der Waals surface area contributed by atoms with E-state index in [1.165, 1.54) is 31.4 Å². The van der Waals surface area contributed by atoms with Crippen molar-refractivity contribution in [3.63, 3.8) is 0 Å². The standard InChI is InChI=1S/C18H20FNO4/c1-11-9-16(22-3)17(23-4)10-15(11)20-18(21)12(2)24-14-7-5-13(19)6-8-14/h5-10,12H,1-4H3,(H,20,21). The van der Waals surface area contributed by atoms with Crippen LogP contribution in [-0.2, 0) is 4.79 Å². The summed E-state index contributed by atoms with van der Waals surface area (Å²) in [7, 11) is 3.08. The fraction of sp³-hybridized carbons (Fsp3) is 0.278. The minimum Gasteiger partial charge on any atom is -0.493 e. The van der Waals surface area contributed by atoms with Crippen molar-refractivity contribution in [1.29, 1.82) is 0 Å². The highest BCUT2D eigenvalue weighted by atomic mass is 19.1. The van der Waals surface area contributed by atoms with Crippen LogP contribution in [-0.4, -0.2) is 26.2 Å². The van der Waals surface area contributed by atoms with Gasteiger partial charge in [-0.25, -0.2) is 4.39 Å². The predicted octanol–water partition coefficient (Wildman–Crippen LogP) is 3.56. The van der Waals surface area contributed by atoms with Gasteiger partial charge in [0.25, 0.3) is 5.91 Å². The molecule has 1 N–H and O–H groups in total. The maximum absolute atomic E-state index is 12.9. The van der Waals surface area contributed by atoms with Gasteiger partial charge in [-0.1, -0.05) is 0 Å². The van der Waals surface area contributed by atoms with Gasteiger partial charge in [-0.3, -0.25) is 4.79 Å². The first-order valence-electron chi connectivity index (χ1n) is 7.40. The van der Waals surface area contributed by atoms with Gasteiger partial charge in [0.1, 0.15) is 11.6 Å². The van der Waals surface area contributed by atoms with E-state index in [0.29, 0.717) is 22.9 Å².